The molecule has 0 aliphatic rings. The summed E-state index contributed by atoms with van der Waals surface area (Å²) < 4.78 is 5.23. The molecule has 0 saturated carbocycles. The fourth-order valence-corrected chi connectivity index (χ4v) is 1.00. The molecule has 13 heavy (non-hydrogen) atoms. The van der Waals surface area contributed by atoms with Crippen LogP contribution in [0.3, 0.4) is 0 Å². The van der Waals surface area contributed by atoms with E-state index < -0.39 is 0 Å². The van der Waals surface area contributed by atoms with E-state index in [9.17, 15) is 0 Å². The summed E-state index contributed by atoms with van der Waals surface area (Å²) in [7, 11) is 0. The summed E-state index contributed by atoms with van der Waals surface area (Å²) in [5.41, 5.74) is 0. The first-order valence-corrected chi connectivity index (χ1v) is 4.14. The van der Waals surface area contributed by atoms with Crippen molar-refractivity contribution in [3.63, 3.8) is 0 Å². The van der Waals surface area contributed by atoms with Crippen LogP contribution in [0.1, 0.15) is 0 Å². The van der Waals surface area contributed by atoms with Crippen LogP contribution >= 0.6 is 0 Å². The highest BCUT2D eigenvalue weighted by Crippen LogP contribution is 2.03. The highest BCUT2D eigenvalue weighted by molar-refractivity contribution is 4.89. The van der Waals surface area contributed by atoms with E-state index in [0.717, 1.165) is 13.1 Å². The average Bonchev–Trinajstić information content (AvgIpc) is 2.14. The molecule has 72 valence electrons. The zero-order chi connectivity index (χ0) is 10.1. The van der Waals surface area contributed by atoms with Crippen molar-refractivity contribution in [2.45, 2.75) is 6.23 Å². The maximum Gasteiger partial charge on any atom is 0.171 e. The molecule has 0 aliphatic carbocycles. The lowest BCUT2D eigenvalue weighted by molar-refractivity contribution is 0.0447. The second kappa shape index (κ2) is 7.37. The van der Waals surface area contributed by atoms with Gasteiger partial charge in [0.1, 0.15) is 0 Å². The fraction of sp³-hybridized carbons (Fsp3) is 0.273. The first kappa shape index (κ1) is 11.7. The Morgan fingerprint density at radius 1 is 1.08 bits per heavy atom. The Morgan fingerprint density at radius 3 is 1.92 bits per heavy atom. The van der Waals surface area contributed by atoms with Gasteiger partial charge in [0.05, 0.1) is 6.26 Å². The van der Waals surface area contributed by atoms with Crippen LogP contribution in [0.4, 0.5) is 0 Å². The average molecular weight is 179 g/mol. The van der Waals surface area contributed by atoms with Gasteiger partial charge in [-0.05, 0) is 6.08 Å². The number of nitrogens with zero attached hydrogens (tertiary/aromatic N) is 1. The number of ether oxygens (including phenoxy) is 1. The highest BCUT2D eigenvalue weighted by Gasteiger charge is 2.11. The summed E-state index contributed by atoms with van der Waals surface area (Å²) >= 11 is 0. The van der Waals surface area contributed by atoms with E-state index in [1.165, 1.54) is 6.26 Å². The van der Waals surface area contributed by atoms with Crippen molar-refractivity contribution in [2.75, 3.05) is 13.1 Å². The van der Waals surface area contributed by atoms with Crippen LogP contribution in [-0.4, -0.2) is 24.2 Å². The lowest BCUT2D eigenvalue weighted by atomic mass is 10.4. The molecule has 1 unspecified atom stereocenters. The van der Waals surface area contributed by atoms with E-state index in [-0.39, 0.29) is 6.23 Å². The summed E-state index contributed by atoms with van der Waals surface area (Å²) in [6.07, 6.45) is 6.59. The zero-order valence-electron chi connectivity index (χ0n) is 7.98. The molecular formula is C11H17NO. The van der Waals surface area contributed by atoms with Crippen LogP contribution < -0.4 is 0 Å². The minimum atomic E-state index is -0.159. The largest absolute Gasteiger partial charge is 0.480 e. The Kier molecular flexibility index (Phi) is 6.65. The van der Waals surface area contributed by atoms with E-state index in [2.05, 4.69) is 26.3 Å². The maximum absolute atomic E-state index is 5.23. The Balaban J connectivity index is 4.25. The topological polar surface area (TPSA) is 12.5 Å². The van der Waals surface area contributed by atoms with Crippen LogP contribution in [0, 0.1) is 0 Å². The van der Waals surface area contributed by atoms with E-state index in [0.29, 0.717) is 0 Å². The van der Waals surface area contributed by atoms with Gasteiger partial charge in [-0.15, -0.1) is 13.2 Å². The minimum Gasteiger partial charge on any atom is -0.480 e. The molecule has 0 saturated heterocycles. The monoisotopic (exact) mass is 179 g/mol. The molecule has 1 atom stereocenters. The number of hydrogen-bond donors (Lipinski definition) is 0. The molecule has 0 bridgehead atoms. The third kappa shape index (κ3) is 4.33. The van der Waals surface area contributed by atoms with Gasteiger partial charge in [0.25, 0.3) is 0 Å². The molecule has 0 spiro atoms. The molecule has 0 rings (SSSR count). The van der Waals surface area contributed by atoms with E-state index in [1.807, 2.05) is 17.1 Å². The van der Waals surface area contributed by atoms with Crippen LogP contribution in [0.25, 0.3) is 0 Å². The summed E-state index contributed by atoms with van der Waals surface area (Å²) in [6, 6.07) is 0. The van der Waals surface area contributed by atoms with Crippen molar-refractivity contribution in [2.24, 2.45) is 0 Å². The molecule has 0 aliphatic heterocycles. The predicted octanol–water partition coefficient (Wildman–Crippen LogP) is 2.33. The van der Waals surface area contributed by atoms with Gasteiger partial charge in [-0.1, -0.05) is 25.3 Å². The second-order valence-electron chi connectivity index (χ2n) is 2.46. The predicted molar refractivity (Wildman–Crippen MR) is 57.2 cm³/mol. The lowest BCUT2D eigenvalue weighted by Gasteiger charge is -2.26. The molecule has 0 N–H and O–H groups in total. The third-order valence-corrected chi connectivity index (χ3v) is 1.52. The van der Waals surface area contributed by atoms with Gasteiger partial charge in [0.15, 0.2) is 6.23 Å². The van der Waals surface area contributed by atoms with Crippen LogP contribution in [0.5, 0.6) is 0 Å². The quantitative estimate of drug-likeness (QED) is 0.322. The molecule has 2 heteroatoms. The Morgan fingerprint density at radius 2 is 1.62 bits per heavy atom. The molecular weight excluding hydrogens is 162 g/mol. The van der Waals surface area contributed by atoms with Gasteiger partial charge in [-0.3, -0.25) is 4.90 Å². The maximum atomic E-state index is 5.23. The first-order chi connectivity index (χ1) is 6.29. The fourth-order valence-electron chi connectivity index (χ4n) is 1.00. The molecule has 0 aromatic rings. The van der Waals surface area contributed by atoms with Crippen LogP contribution in [-0.2, 0) is 4.74 Å². The van der Waals surface area contributed by atoms with Crippen molar-refractivity contribution in [1.82, 2.24) is 4.90 Å². The lowest BCUT2D eigenvalue weighted by Crippen LogP contribution is -2.35. The molecule has 0 fully saturated rings. The molecule has 0 radical (unpaired) electrons. The van der Waals surface area contributed by atoms with Crippen molar-refractivity contribution < 1.29 is 4.74 Å². The van der Waals surface area contributed by atoms with Crippen molar-refractivity contribution in [1.29, 1.82) is 0 Å². The Labute approximate surface area is 80.5 Å². The van der Waals surface area contributed by atoms with Gasteiger partial charge in [-0.2, -0.15) is 0 Å². The van der Waals surface area contributed by atoms with E-state index in [4.69, 9.17) is 4.74 Å². The van der Waals surface area contributed by atoms with Crippen molar-refractivity contribution in [3.8, 4) is 0 Å². The standard InChI is InChI=1S/C11H17NO/c1-5-9-12(10-6-2)11(7-3)13-8-4/h5-8,11H,1-4,9-10H2. The summed E-state index contributed by atoms with van der Waals surface area (Å²) in [5, 5.41) is 0. The first-order valence-electron chi connectivity index (χ1n) is 4.14. The minimum absolute atomic E-state index is 0.159. The normalized spacial score (nSPS) is 11.8. The van der Waals surface area contributed by atoms with Gasteiger partial charge >= 0.3 is 0 Å². The van der Waals surface area contributed by atoms with Gasteiger partial charge in [0, 0.05) is 13.1 Å². The summed E-state index contributed by atoms with van der Waals surface area (Å²) in [6.45, 7) is 16.0. The van der Waals surface area contributed by atoms with Gasteiger partial charge in [0.2, 0.25) is 0 Å². The molecule has 0 amide bonds. The second-order valence-corrected chi connectivity index (χ2v) is 2.46. The number of rotatable bonds is 8. The number of hydrogen-bond acceptors (Lipinski definition) is 2. The van der Waals surface area contributed by atoms with Crippen LogP contribution in [0.2, 0.25) is 0 Å². The zero-order valence-corrected chi connectivity index (χ0v) is 7.98. The molecule has 2 nitrogen and oxygen atoms in total. The van der Waals surface area contributed by atoms with Crippen LogP contribution in [0.15, 0.2) is 50.8 Å². The summed E-state index contributed by atoms with van der Waals surface area (Å²) in [4.78, 5) is 2.02. The molecule has 0 aromatic heterocycles. The SMILES string of the molecule is C=CCN(CC=C)C(C=C)OC=C. The van der Waals surface area contributed by atoms with Gasteiger partial charge in [-0.25, -0.2) is 0 Å². The Hall–Kier alpha value is -1.28. The van der Waals surface area contributed by atoms with Gasteiger partial charge < -0.3 is 4.74 Å². The smallest absolute Gasteiger partial charge is 0.171 e. The van der Waals surface area contributed by atoms with Crippen molar-refractivity contribution >= 4 is 0 Å². The van der Waals surface area contributed by atoms with Crippen molar-refractivity contribution in [3.05, 3.63) is 50.8 Å². The third-order valence-electron chi connectivity index (χ3n) is 1.52. The Bertz CT molecular complexity index is 177. The van der Waals surface area contributed by atoms with E-state index in [1.54, 1.807) is 6.08 Å². The molecule has 0 heterocycles. The molecule has 0 aromatic carbocycles. The van der Waals surface area contributed by atoms with E-state index >= 15 is 0 Å². The highest BCUT2D eigenvalue weighted by atomic mass is 16.5. The summed E-state index contributed by atoms with van der Waals surface area (Å²) in [5.74, 6) is 0.